The topological polar surface area (TPSA) is 48.3 Å². The van der Waals surface area contributed by atoms with Gasteiger partial charge in [0, 0.05) is 14.2 Å². The van der Waals surface area contributed by atoms with Crippen molar-refractivity contribution in [2.75, 3.05) is 20.8 Å². The molecule has 5 nitrogen and oxygen atoms in total. The Morgan fingerprint density at radius 2 is 2.05 bits per heavy atom. The molecular formula is C15H27N3O2. The SMILES string of the molecule is CCNC(c1c(OC)cnn1C)C1(OC)CCCCC1. The van der Waals surface area contributed by atoms with Crippen LogP contribution < -0.4 is 10.1 Å². The number of hydrogen-bond donors (Lipinski definition) is 1. The van der Waals surface area contributed by atoms with E-state index < -0.39 is 0 Å². The van der Waals surface area contributed by atoms with E-state index in [4.69, 9.17) is 9.47 Å². The third-order valence-electron chi connectivity index (χ3n) is 4.48. The number of aromatic nitrogens is 2. The summed E-state index contributed by atoms with van der Waals surface area (Å²) in [7, 11) is 5.50. The van der Waals surface area contributed by atoms with Crippen molar-refractivity contribution in [3.63, 3.8) is 0 Å². The minimum absolute atomic E-state index is 0.111. The van der Waals surface area contributed by atoms with Gasteiger partial charge in [-0.1, -0.05) is 26.2 Å². The largest absolute Gasteiger partial charge is 0.493 e. The van der Waals surface area contributed by atoms with Crippen molar-refractivity contribution in [3.05, 3.63) is 11.9 Å². The van der Waals surface area contributed by atoms with Gasteiger partial charge in [0.15, 0.2) is 5.75 Å². The van der Waals surface area contributed by atoms with E-state index in [1.807, 2.05) is 18.8 Å². The summed E-state index contributed by atoms with van der Waals surface area (Å²) in [5, 5.41) is 7.94. The number of hydrogen-bond acceptors (Lipinski definition) is 4. The standard InChI is InChI=1S/C15H27N3O2/c1-5-16-14(13-12(19-3)11-17-18(13)2)15(20-4)9-7-6-8-10-15/h11,14,16H,5-10H2,1-4H3. The minimum atomic E-state index is -0.157. The average Bonchev–Trinajstić information content (AvgIpc) is 2.86. The maximum atomic E-state index is 6.01. The number of rotatable bonds is 6. The van der Waals surface area contributed by atoms with Crippen molar-refractivity contribution in [1.29, 1.82) is 0 Å². The molecule has 114 valence electrons. The van der Waals surface area contributed by atoms with Gasteiger partial charge in [-0.15, -0.1) is 0 Å². The van der Waals surface area contributed by atoms with E-state index in [0.29, 0.717) is 0 Å². The van der Waals surface area contributed by atoms with Crippen LogP contribution >= 0.6 is 0 Å². The van der Waals surface area contributed by atoms with Gasteiger partial charge in [0.2, 0.25) is 0 Å². The number of likely N-dealkylation sites (N-methyl/N-ethyl adjacent to an activating group) is 1. The molecule has 1 saturated carbocycles. The molecule has 1 aliphatic carbocycles. The molecular weight excluding hydrogens is 254 g/mol. The monoisotopic (exact) mass is 281 g/mol. The lowest BCUT2D eigenvalue weighted by Gasteiger charge is -2.43. The average molecular weight is 281 g/mol. The molecule has 0 aromatic carbocycles. The molecule has 1 N–H and O–H groups in total. The highest BCUT2D eigenvalue weighted by Crippen LogP contribution is 2.43. The molecule has 1 atom stereocenters. The van der Waals surface area contributed by atoms with Crippen LogP contribution in [0.2, 0.25) is 0 Å². The van der Waals surface area contributed by atoms with Gasteiger partial charge >= 0.3 is 0 Å². The summed E-state index contributed by atoms with van der Waals surface area (Å²) in [5.41, 5.74) is 0.924. The summed E-state index contributed by atoms with van der Waals surface area (Å²) in [5.74, 6) is 0.834. The quantitative estimate of drug-likeness (QED) is 0.870. The molecule has 1 aromatic rings. The van der Waals surface area contributed by atoms with Gasteiger partial charge in [-0.2, -0.15) is 5.10 Å². The van der Waals surface area contributed by atoms with Gasteiger partial charge in [-0.05, 0) is 19.4 Å². The number of nitrogens with zero attached hydrogens (tertiary/aromatic N) is 2. The Kier molecular flexibility index (Phi) is 5.05. The van der Waals surface area contributed by atoms with Crippen LogP contribution in [0, 0.1) is 0 Å². The number of nitrogens with one attached hydrogen (secondary N) is 1. The molecule has 2 rings (SSSR count). The summed E-state index contributed by atoms with van der Waals surface area (Å²) >= 11 is 0. The molecule has 0 saturated heterocycles. The number of methoxy groups -OCH3 is 2. The van der Waals surface area contributed by atoms with E-state index in [0.717, 1.165) is 30.8 Å². The Morgan fingerprint density at radius 1 is 1.35 bits per heavy atom. The molecule has 0 amide bonds. The Labute approximate surface area is 121 Å². The molecule has 5 heteroatoms. The zero-order valence-electron chi connectivity index (χ0n) is 13.1. The molecule has 0 spiro atoms. The van der Waals surface area contributed by atoms with Crippen LogP contribution in [0.15, 0.2) is 6.20 Å². The maximum Gasteiger partial charge on any atom is 0.161 e. The minimum Gasteiger partial charge on any atom is -0.493 e. The van der Waals surface area contributed by atoms with E-state index in [1.165, 1.54) is 19.3 Å². The first kappa shape index (κ1) is 15.3. The highest BCUT2D eigenvalue weighted by atomic mass is 16.5. The molecule has 0 bridgehead atoms. The molecule has 20 heavy (non-hydrogen) atoms. The molecule has 1 aliphatic rings. The fourth-order valence-electron chi connectivity index (χ4n) is 3.41. The number of ether oxygens (including phenoxy) is 2. The van der Waals surface area contributed by atoms with Gasteiger partial charge < -0.3 is 14.8 Å². The Balaban J connectivity index is 2.40. The molecule has 1 heterocycles. The first-order valence-electron chi connectivity index (χ1n) is 7.53. The molecule has 1 aromatic heterocycles. The predicted molar refractivity (Wildman–Crippen MR) is 79.0 cm³/mol. The zero-order chi connectivity index (χ0) is 14.6. The second-order valence-corrected chi connectivity index (χ2v) is 5.54. The third-order valence-corrected chi connectivity index (χ3v) is 4.48. The van der Waals surface area contributed by atoms with E-state index in [1.54, 1.807) is 13.3 Å². The first-order valence-corrected chi connectivity index (χ1v) is 7.53. The summed E-state index contributed by atoms with van der Waals surface area (Å²) in [6.45, 7) is 3.02. The second kappa shape index (κ2) is 6.59. The van der Waals surface area contributed by atoms with E-state index in [-0.39, 0.29) is 11.6 Å². The Morgan fingerprint density at radius 3 is 2.60 bits per heavy atom. The van der Waals surface area contributed by atoms with Crippen molar-refractivity contribution in [2.45, 2.75) is 50.7 Å². The van der Waals surface area contributed by atoms with Crippen LogP contribution in [0.4, 0.5) is 0 Å². The second-order valence-electron chi connectivity index (χ2n) is 5.54. The van der Waals surface area contributed by atoms with Crippen LogP contribution in [0.25, 0.3) is 0 Å². The van der Waals surface area contributed by atoms with E-state index >= 15 is 0 Å². The third kappa shape index (κ3) is 2.69. The molecule has 0 radical (unpaired) electrons. The lowest BCUT2D eigenvalue weighted by Crippen LogP contribution is -2.47. The Hall–Kier alpha value is -1.07. The van der Waals surface area contributed by atoms with E-state index in [2.05, 4.69) is 17.3 Å². The summed E-state index contributed by atoms with van der Waals surface area (Å²) in [4.78, 5) is 0. The number of aryl methyl sites for hydroxylation is 1. The van der Waals surface area contributed by atoms with E-state index in [9.17, 15) is 0 Å². The van der Waals surface area contributed by atoms with Crippen LogP contribution in [0.3, 0.4) is 0 Å². The normalized spacial score (nSPS) is 19.8. The van der Waals surface area contributed by atoms with Crippen molar-refractivity contribution in [1.82, 2.24) is 15.1 Å². The lowest BCUT2D eigenvalue weighted by molar-refractivity contribution is -0.0706. The van der Waals surface area contributed by atoms with Crippen molar-refractivity contribution >= 4 is 0 Å². The van der Waals surface area contributed by atoms with Gasteiger partial charge in [0.05, 0.1) is 30.6 Å². The van der Waals surface area contributed by atoms with Crippen molar-refractivity contribution in [2.24, 2.45) is 7.05 Å². The van der Waals surface area contributed by atoms with Crippen molar-refractivity contribution < 1.29 is 9.47 Å². The fraction of sp³-hybridized carbons (Fsp3) is 0.800. The smallest absolute Gasteiger partial charge is 0.161 e. The van der Waals surface area contributed by atoms with Gasteiger partial charge in [0.25, 0.3) is 0 Å². The zero-order valence-corrected chi connectivity index (χ0v) is 13.1. The van der Waals surface area contributed by atoms with Crippen LogP contribution in [-0.4, -0.2) is 36.1 Å². The van der Waals surface area contributed by atoms with Crippen molar-refractivity contribution in [3.8, 4) is 5.75 Å². The summed E-state index contributed by atoms with van der Waals surface area (Å²) < 4.78 is 13.4. The first-order chi connectivity index (χ1) is 9.68. The van der Waals surface area contributed by atoms with Crippen LogP contribution in [-0.2, 0) is 11.8 Å². The van der Waals surface area contributed by atoms with Gasteiger partial charge in [-0.3, -0.25) is 4.68 Å². The maximum absolute atomic E-state index is 6.01. The van der Waals surface area contributed by atoms with Crippen LogP contribution in [0.5, 0.6) is 5.75 Å². The highest BCUT2D eigenvalue weighted by Gasteiger charge is 2.43. The highest BCUT2D eigenvalue weighted by molar-refractivity contribution is 5.31. The summed E-state index contributed by atoms with van der Waals surface area (Å²) in [6.07, 6.45) is 7.68. The van der Waals surface area contributed by atoms with Gasteiger partial charge in [0.1, 0.15) is 0 Å². The lowest BCUT2D eigenvalue weighted by atomic mass is 9.77. The molecule has 1 unspecified atom stereocenters. The summed E-state index contributed by atoms with van der Waals surface area (Å²) in [6, 6.07) is 0.111. The molecule has 0 aliphatic heterocycles. The molecule has 1 fully saturated rings. The predicted octanol–water partition coefficient (Wildman–Crippen LogP) is 2.43. The van der Waals surface area contributed by atoms with Gasteiger partial charge in [-0.25, -0.2) is 0 Å². The fourth-order valence-corrected chi connectivity index (χ4v) is 3.41. The van der Waals surface area contributed by atoms with Crippen LogP contribution in [0.1, 0.15) is 50.8 Å². The Bertz CT molecular complexity index is 425.